The van der Waals surface area contributed by atoms with Gasteiger partial charge in [0.2, 0.25) is 0 Å². The van der Waals surface area contributed by atoms with E-state index < -0.39 is 0 Å². The molecule has 24 heavy (non-hydrogen) atoms. The maximum absolute atomic E-state index is 12.4. The Morgan fingerprint density at radius 1 is 1.25 bits per heavy atom. The summed E-state index contributed by atoms with van der Waals surface area (Å²) in [6.07, 6.45) is 0. The molecule has 0 radical (unpaired) electrons. The van der Waals surface area contributed by atoms with Gasteiger partial charge in [-0.15, -0.1) is 0 Å². The molecule has 1 aromatic heterocycles. The van der Waals surface area contributed by atoms with Crippen molar-refractivity contribution in [1.29, 1.82) is 0 Å². The lowest BCUT2D eigenvalue weighted by atomic mass is 9.92. The lowest BCUT2D eigenvalue weighted by Crippen LogP contribution is -2.30. The number of carbonyl (C=O) groups excluding carboxylic acids is 1. The number of anilines is 2. The number of nitrogens with zero attached hydrogens (tertiary/aromatic N) is 2. The zero-order valence-corrected chi connectivity index (χ0v) is 15.5. The molecular weight excluding hydrogens is 300 g/mol. The van der Waals surface area contributed by atoms with E-state index in [0.29, 0.717) is 17.4 Å². The molecule has 0 aliphatic rings. The molecule has 0 unspecified atom stereocenters. The number of aromatic nitrogens is 2. The Hall–Kier alpha value is -2.30. The third-order valence-corrected chi connectivity index (χ3v) is 4.05. The molecule has 2 N–H and O–H groups in total. The Balaban J connectivity index is 2.09. The molecule has 1 amide bonds. The fraction of sp³-hybridized carbons (Fsp3) is 0.474. The van der Waals surface area contributed by atoms with Gasteiger partial charge in [-0.1, -0.05) is 20.8 Å². The molecule has 0 fully saturated rings. The molecule has 0 spiro atoms. The first kappa shape index (κ1) is 18.0. The first-order valence-corrected chi connectivity index (χ1v) is 8.46. The van der Waals surface area contributed by atoms with Crippen molar-refractivity contribution >= 4 is 17.4 Å². The number of benzene rings is 1. The number of hydrogen-bond acceptors (Lipinski definition) is 3. The van der Waals surface area contributed by atoms with Gasteiger partial charge in [0.1, 0.15) is 0 Å². The molecule has 0 aliphatic carbocycles. The van der Waals surface area contributed by atoms with E-state index in [1.54, 1.807) is 0 Å². The summed E-state index contributed by atoms with van der Waals surface area (Å²) in [5.41, 5.74) is 2.71. The summed E-state index contributed by atoms with van der Waals surface area (Å²) >= 11 is 0. The molecule has 0 aliphatic heterocycles. The number of amides is 1. The Morgan fingerprint density at radius 2 is 1.88 bits per heavy atom. The van der Waals surface area contributed by atoms with Gasteiger partial charge in [-0.2, -0.15) is 5.10 Å². The lowest BCUT2D eigenvalue weighted by Gasteiger charge is -2.27. The second-order valence-electron chi connectivity index (χ2n) is 7.30. The van der Waals surface area contributed by atoms with E-state index in [1.807, 2.05) is 30.3 Å². The van der Waals surface area contributed by atoms with Gasteiger partial charge in [0, 0.05) is 41.0 Å². The van der Waals surface area contributed by atoms with Gasteiger partial charge < -0.3 is 10.2 Å². The van der Waals surface area contributed by atoms with E-state index in [-0.39, 0.29) is 11.3 Å². The highest BCUT2D eigenvalue weighted by Crippen LogP contribution is 2.22. The second kappa shape index (κ2) is 7.07. The van der Waals surface area contributed by atoms with Gasteiger partial charge in [0.15, 0.2) is 5.82 Å². The van der Waals surface area contributed by atoms with Gasteiger partial charge in [-0.3, -0.25) is 9.89 Å². The maximum atomic E-state index is 12.4. The molecule has 1 heterocycles. The Kier molecular flexibility index (Phi) is 5.32. The maximum Gasteiger partial charge on any atom is 0.256 e. The Morgan fingerprint density at radius 3 is 2.33 bits per heavy atom. The number of rotatable bonds is 5. The number of aromatic amines is 1. The highest BCUT2D eigenvalue weighted by atomic mass is 16.1. The monoisotopic (exact) mass is 328 g/mol. The van der Waals surface area contributed by atoms with E-state index in [1.165, 1.54) is 0 Å². The highest BCUT2D eigenvalue weighted by Gasteiger charge is 2.18. The van der Waals surface area contributed by atoms with Gasteiger partial charge in [-0.05, 0) is 45.0 Å². The van der Waals surface area contributed by atoms with Crippen LogP contribution in [0.2, 0.25) is 0 Å². The molecule has 1 aromatic carbocycles. The number of hydrogen-bond donors (Lipinski definition) is 2. The zero-order chi connectivity index (χ0) is 17.9. The smallest absolute Gasteiger partial charge is 0.256 e. The summed E-state index contributed by atoms with van der Waals surface area (Å²) in [5, 5.41) is 9.98. The Bertz CT molecular complexity index is 680. The van der Waals surface area contributed by atoms with Crippen LogP contribution in [0.15, 0.2) is 30.3 Å². The van der Waals surface area contributed by atoms with Crippen molar-refractivity contribution in [3.63, 3.8) is 0 Å². The van der Waals surface area contributed by atoms with Gasteiger partial charge in [-0.25, -0.2) is 0 Å². The van der Waals surface area contributed by atoms with E-state index in [9.17, 15) is 4.79 Å². The molecule has 2 aromatic rings. The van der Waals surface area contributed by atoms with E-state index in [2.05, 4.69) is 62.0 Å². The van der Waals surface area contributed by atoms with E-state index in [0.717, 1.165) is 17.9 Å². The summed E-state index contributed by atoms with van der Waals surface area (Å²) in [6.45, 7) is 13.7. The van der Waals surface area contributed by atoms with Crippen molar-refractivity contribution < 1.29 is 4.79 Å². The normalized spacial score (nSPS) is 11.6. The SMILES string of the molecule is CCN(c1ccc(C(=O)Nc2cc(C(C)(C)C)[nH]n2)cc1)C(C)C. The second-order valence-corrected chi connectivity index (χ2v) is 7.30. The summed E-state index contributed by atoms with van der Waals surface area (Å²) in [6, 6.07) is 9.99. The molecule has 0 bridgehead atoms. The zero-order valence-electron chi connectivity index (χ0n) is 15.5. The van der Waals surface area contributed by atoms with E-state index >= 15 is 0 Å². The largest absolute Gasteiger partial charge is 0.369 e. The van der Waals surface area contributed by atoms with Gasteiger partial charge in [0.05, 0.1) is 0 Å². The quantitative estimate of drug-likeness (QED) is 0.865. The molecule has 0 atom stereocenters. The van der Waals surface area contributed by atoms with Crippen LogP contribution in [0.3, 0.4) is 0 Å². The number of nitrogens with one attached hydrogen (secondary N) is 2. The summed E-state index contributed by atoms with van der Waals surface area (Å²) in [7, 11) is 0. The topological polar surface area (TPSA) is 61.0 Å². The van der Waals surface area contributed by atoms with Crippen LogP contribution < -0.4 is 10.2 Å². The highest BCUT2D eigenvalue weighted by molar-refractivity contribution is 6.03. The summed E-state index contributed by atoms with van der Waals surface area (Å²) < 4.78 is 0. The number of carbonyl (C=O) groups is 1. The van der Waals surface area contributed by atoms with Crippen LogP contribution >= 0.6 is 0 Å². The van der Waals surface area contributed by atoms with Crippen molar-refractivity contribution in [2.75, 3.05) is 16.8 Å². The first-order valence-electron chi connectivity index (χ1n) is 8.46. The minimum atomic E-state index is -0.152. The summed E-state index contributed by atoms with van der Waals surface area (Å²) in [4.78, 5) is 14.7. The Labute approximate surface area is 144 Å². The van der Waals surface area contributed by atoms with Gasteiger partial charge >= 0.3 is 0 Å². The van der Waals surface area contributed by atoms with Crippen molar-refractivity contribution in [1.82, 2.24) is 10.2 Å². The molecule has 5 nitrogen and oxygen atoms in total. The number of H-pyrrole nitrogens is 1. The predicted molar refractivity (Wildman–Crippen MR) is 99.8 cm³/mol. The van der Waals surface area contributed by atoms with Crippen LogP contribution in [0.5, 0.6) is 0 Å². The van der Waals surface area contributed by atoms with Crippen molar-refractivity contribution in [3.8, 4) is 0 Å². The van der Waals surface area contributed by atoms with Crippen LogP contribution in [0.4, 0.5) is 11.5 Å². The molecule has 5 heteroatoms. The van der Waals surface area contributed by atoms with Gasteiger partial charge in [0.25, 0.3) is 5.91 Å². The average Bonchev–Trinajstić information content (AvgIpc) is 2.97. The van der Waals surface area contributed by atoms with Crippen LogP contribution in [0, 0.1) is 0 Å². The van der Waals surface area contributed by atoms with Crippen LogP contribution in [0.1, 0.15) is 57.6 Å². The fourth-order valence-corrected chi connectivity index (χ4v) is 2.61. The molecule has 130 valence electrons. The van der Waals surface area contributed by atoms with Crippen LogP contribution in [-0.2, 0) is 5.41 Å². The van der Waals surface area contributed by atoms with Crippen molar-refractivity contribution in [3.05, 3.63) is 41.6 Å². The summed E-state index contributed by atoms with van der Waals surface area (Å²) in [5.74, 6) is 0.396. The minimum absolute atomic E-state index is 0.0297. The third-order valence-electron chi connectivity index (χ3n) is 4.05. The predicted octanol–water partition coefficient (Wildman–Crippen LogP) is 4.19. The first-order chi connectivity index (χ1) is 11.2. The minimum Gasteiger partial charge on any atom is -0.369 e. The fourth-order valence-electron chi connectivity index (χ4n) is 2.61. The van der Waals surface area contributed by atoms with Crippen molar-refractivity contribution in [2.24, 2.45) is 0 Å². The van der Waals surface area contributed by atoms with Crippen molar-refractivity contribution in [2.45, 2.75) is 53.0 Å². The molecule has 0 saturated heterocycles. The average molecular weight is 328 g/mol. The lowest BCUT2D eigenvalue weighted by molar-refractivity contribution is 0.102. The van der Waals surface area contributed by atoms with E-state index in [4.69, 9.17) is 0 Å². The van der Waals surface area contributed by atoms with Crippen LogP contribution in [-0.4, -0.2) is 28.7 Å². The molecular formula is C19H28N4O. The standard InChI is InChI=1S/C19H28N4O/c1-7-23(13(2)3)15-10-8-14(9-11-15)18(24)20-17-12-16(21-22-17)19(4,5)6/h8-13H,7H2,1-6H3,(H2,20,21,22,24). The molecule has 2 rings (SSSR count). The molecule has 0 saturated carbocycles. The third kappa shape index (κ3) is 4.16. The van der Waals surface area contributed by atoms with Crippen LogP contribution in [0.25, 0.3) is 0 Å².